The lowest BCUT2D eigenvalue weighted by atomic mass is 10.0. The number of halogens is 2. The average molecular weight is 486 g/mol. The molecule has 34 heavy (non-hydrogen) atoms. The van der Waals surface area contributed by atoms with Gasteiger partial charge in [0.25, 0.3) is 0 Å². The van der Waals surface area contributed by atoms with Crippen molar-refractivity contribution in [2.24, 2.45) is 5.73 Å². The molecule has 1 aliphatic rings. The van der Waals surface area contributed by atoms with Gasteiger partial charge in [-0.2, -0.15) is 0 Å². The Morgan fingerprint density at radius 2 is 1.85 bits per heavy atom. The van der Waals surface area contributed by atoms with Gasteiger partial charge in [0, 0.05) is 11.0 Å². The molecule has 3 aromatic rings. The minimum Gasteiger partial charge on any atom is -0.468 e. The van der Waals surface area contributed by atoms with Gasteiger partial charge >= 0.3 is 0 Å². The van der Waals surface area contributed by atoms with Crippen LogP contribution in [0.4, 0.5) is 14.5 Å². The Kier molecular flexibility index (Phi) is 6.80. The number of para-hydroxylation sites is 1. The third-order valence-corrected chi connectivity index (χ3v) is 6.58. The molecule has 0 fully saturated rings. The van der Waals surface area contributed by atoms with Gasteiger partial charge in [-0.15, -0.1) is 11.8 Å². The summed E-state index contributed by atoms with van der Waals surface area (Å²) >= 11 is 1.25. The zero-order valence-corrected chi connectivity index (χ0v) is 18.9. The third-order valence-electron chi connectivity index (χ3n) is 5.23. The van der Waals surface area contributed by atoms with Gasteiger partial charge in [0.05, 0.1) is 29.7 Å². The summed E-state index contributed by atoms with van der Waals surface area (Å²) in [6, 6.07) is 10.5. The molecular weight excluding hydrogens is 464 g/mol. The van der Waals surface area contributed by atoms with E-state index in [-0.39, 0.29) is 5.56 Å². The summed E-state index contributed by atoms with van der Waals surface area (Å²) in [5.41, 5.74) is 6.37. The number of nitrogens with one attached hydrogen (secondary N) is 1. The molecule has 176 valence electrons. The summed E-state index contributed by atoms with van der Waals surface area (Å²) in [5, 5.41) is 1.97. The number of thioether (sulfide) groups is 1. The summed E-state index contributed by atoms with van der Waals surface area (Å²) in [6.07, 6.45) is 0.913. The Bertz CT molecular complexity index is 1210. The molecule has 3 atom stereocenters. The van der Waals surface area contributed by atoms with Crippen LogP contribution >= 0.6 is 11.8 Å². The molecule has 1 aromatic heterocycles. The number of benzene rings is 2. The van der Waals surface area contributed by atoms with Crippen LogP contribution in [0, 0.1) is 11.6 Å². The minimum atomic E-state index is -1.34. The van der Waals surface area contributed by atoms with Crippen molar-refractivity contribution in [2.75, 3.05) is 5.32 Å². The van der Waals surface area contributed by atoms with Gasteiger partial charge in [-0.1, -0.05) is 12.1 Å². The first-order valence-electron chi connectivity index (χ1n) is 10.4. The molecule has 0 radical (unpaired) electrons. The van der Waals surface area contributed by atoms with Gasteiger partial charge in [-0.25, -0.2) is 8.78 Å². The summed E-state index contributed by atoms with van der Waals surface area (Å²) < 4.78 is 33.0. The van der Waals surface area contributed by atoms with Gasteiger partial charge < -0.3 is 15.5 Å². The molecule has 3 amide bonds. The van der Waals surface area contributed by atoms with Crippen molar-refractivity contribution >= 4 is 35.2 Å². The molecule has 0 bridgehead atoms. The fourth-order valence-electron chi connectivity index (χ4n) is 3.74. The van der Waals surface area contributed by atoms with Crippen molar-refractivity contribution < 1.29 is 27.6 Å². The summed E-state index contributed by atoms with van der Waals surface area (Å²) in [5.74, 6) is -3.60. The number of anilines is 1. The van der Waals surface area contributed by atoms with E-state index in [1.165, 1.54) is 24.9 Å². The van der Waals surface area contributed by atoms with Crippen LogP contribution in [0.15, 0.2) is 70.2 Å². The van der Waals surface area contributed by atoms with E-state index in [9.17, 15) is 23.2 Å². The number of imide groups is 1. The molecular formula is C24H21F2N3O4S. The van der Waals surface area contributed by atoms with E-state index in [1.807, 2.05) is 0 Å². The van der Waals surface area contributed by atoms with Gasteiger partial charge in [-0.05, 0) is 48.9 Å². The fourth-order valence-corrected chi connectivity index (χ4v) is 5.05. The first-order chi connectivity index (χ1) is 16.2. The monoisotopic (exact) mass is 485 g/mol. The minimum absolute atomic E-state index is 0.0180. The number of rotatable bonds is 5. The highest BCUT2D eigenvalue weighted by Gasteiger charge is 2.45. The standard InChI is InChI=1S/C24H21F2N3O4S/c1-13(27)24(32)29(20(30)11-14-9-15(25)12-16(26)10-14)21-22(18-6-4-8-33-18)34-19-7-3-2-5-17(19)28-23(21)31/h2-10,12-13,21-22H,11,27H2,1H3,(H,28,31)/t13-,21-,22+/m0/s1. The van der Waals surface area contributed by atoms with Crippen molar-refractivity contribution in [3.05, 3.63) is 83.8 Å². The Labute approximate surface area is 198 Å². The number of hydrogen-bond donors (Lipinski definition) is 2. The van der Waals surface area contributed by atoms with E-state index < -0.39 is 53.1 Å². The molecule has 1 aliphatic heterocycles. The lowest BCUT2D eigenvalue weighted by molar-refractivity contribution is -0.151. The second-order valence-electron chi connectivity index (χ2n) is 7.83. The van der Waals surface area contributed by atoms with Crippen LogP contribution in [0.2, 0.25) is 0 Å². The van der Waals surface area contributed by atoms with E-state index >= 15 is 0 Å². The first-order valence-corrected chi connectivity index (χ1v) is 11.3. The maximum absolute atomic E-state index is 13.7. The fraction of sp³-hybridized carbons (Fsp3) is 0.208. The molecule has 7 nitrogen and oxygen atoms in total. The number of nitrogens with zero attached hydrogens (tertiary/aromatic N) is 1. The van der Waals surface area contributed by atoms with E-state index in [2.05, 4.69) is 5.32 Å². The van der Waals surface area contributed by atoms with Crippen molar-refractivity contribution in [3.8, 4) is 0 Å². The molecule has 3 N–H and O–H groups in total. The second kappa shape index (κ2) is 9.78. The van der Waals surface area contributed by atoms with Crippen LogP contribution in [0.5, 0.6) is 0 Å². The number of carbonyl (C=O) groups excluding carboxylic acids is 3. The molecule has 10 heteroatoms. The zero-order chi connectivity index (χ0) is 24.4. The second-order valence-corrected chi connectivity index (χ2v) is 9.01. The number of furan rings is 1. The van der Waals surface area contributed by atoms with Gasteiger partial charge in [0.2, 0.25) is 17.7 Å². The number of amides is 3. The van der Waals surface area contributed by atoms with Gasteiger partial charge in [0.1, 0.15) is 23.4 Å². The topological polar surface area (TPSA) is 106 Å². The Balaban J connectivity index is 1.78. The maximum Gasteiger partial charge on any atom is 0.249 e. The molecule has 0 spiro atoms. The number of carbonyl (C=O) groups is 3. The number of hydrogen-bond acceptors (Lipinski definition) is 6. The smallest absolute Gasteiger partial charge is 0.249 e. The average Bonchev–Trinajstić information content (AvgIpc) is 3.26. The SMILES string of the molecule is C[C@H](N)C(=O)N(C(=O)Cc1cc(F)cc(F)c1)[C@@H]1C(=O)Nc2ccccc2S[C@@H]1c1ccco1. The third kappa shape index (κ3) is 4.87. The lowest BCUT2D eigenvalue weighted by Gasteiger charge is -2.33. The highest BCUT2D eigenvalue weighted by Crippen LogP contribution is 2.45. The highest BCUT2D eigenvalue weighted by molar-refractivity contribution is 7.99. The Morgan fingerprint density at radius 1 is 1.15 bits per heavy atom. The van der Waals surface area contributed by atoms with Crippen LogP contribution in [-0.2, 0) is 20.8 Å². The quantitative estimate of drug-likeness (QED) is 0.572. The number of fused-ring (bicyclic) bond motifs is 1. The summed E-state index contributed by atoms with van der Waals surface area (Å²) in [6.45, 7) is 1.39. The van der Waals surface area contributed by atoms with Crippen molar-refractivity contribution in [1.82, 2.24) is 4.90 Å². The van der Waals surface area contributed by atoms with Crippen LogP contribution in [-0.4, -0.2) is 34.7 Å². The maximum atomic E-state index is 13.7. The molecule has 4 rings (SSSR count). The van der Waals surface area contributed by atoms with E-state index in [4.69, 9.17) is 10.2 Å². The van der Waals surface area contributed by atoms with Gasteiger partial charge in [-0.3, -0.25) is 19.3 Å². The van der Waals surface area contributed by atoms with Crippen LogP contribution in [0.25, 0.3) is 0 Å². The van der Waals surface area contributed by atoms with E-state index in [0.29, 0.717) is 22.4 Å². The summed E-state index contributed by atoms with van der Waals surface area (Å²) in [4.78, 5) is 41.5. The lowest BCUT2D eigenvalue weighted by Crippen LogP contribution is -2.56. The van der Waals surface area contributed by atoms with Crippen molar-refractivity contribution in [3.63, 3.8) is 0 Å². The van der Waals surface area contributed by atoms with Crippen LogP contribution in [0.1, 0.15) is 23.5 Å². The molecule has 0 saturated carbocycles. The first kappa shape index (κ1) is 23.7. The molecule has 2 aromatic carbocycles. The van der Waals surface area contributed by atoms with Crippen LogP contribution < -0.4 is 11.1 Å². The molecule has 0 unspecified atom stereocenters. The van der Waals surface area contributed by atoms with E-state index in [0.717, 1.165) is 17.0 Å². The molecule has 2 heterocycles. The number of nitrogens with two attached hydrogens (primary N) is 1. The Morgan fingerprint density at radius 3 is 2.50 bits per heavy atom. The normalized spacial score (nSPS) is 18.4. The van der Waals surface area contributed by atoms with Crippen molar-refractivity contribution in [1.29, 1.82) is 0 Å². The molecule has 0 aliphatic carbocycles. The van der Waals surface area contributed by atoms with Crippen molar-refractivity contribution in [2.45, 2.75) is 35.6 Å². The highest BCUT2D eigenvalue weighted by atomic mass is 32.2. The zero-order valence-electron chi connectivity index (χ0n) is 18.0. The Hall–Kier alpha value is -3.50. The predicted octanol–water partition coefficient (Wildman–Crippen LogP) is 3.66. The van der Waals surface area contributed by atoms with E-state index in [1.54, 1.807) is 36.4 Å². The largest absolute Gasteiger partial charge is 0.468 e. The molecule has 0 saturated heterocycles. The van der Waals surface area contributed by atoms with Gasteiger partial charge in [0.15, 0.2) is 0 Å². The predicted molar refractivity (Wildman–Crippen MR) is 122 cm³/mol. The van der Waals surface area contributed by atoms with Crippen LogP contribution in [0.3, 0.4) is 0 Å². The summed E-state index contributed by atoms with van der Waals surface area (Å²) in [7, 11) is 0.